The molecule has 0 aliphatic rings. The Bertz CT molecular complexity index is 989. The van der Waals surface area contributed by atoms with Crippen molar-refractivity contribution < 1.29 is 14.3 Å². The highest BCUT2D eigenvalue weighted by molar-refractivity contribution is 6.05. The van der Waals surface area contributed by atoms with Crippen LogP contribution in [0.4, 0.5) is 5.69 Å². The maximum Gasteiger partial charge on any atom is 0.341 e. The van der Waals surface area contributed by atoms with Gasteiger partial charge >= 0.3 is 5.97 Å². The van der Waals surface area contributed by atoms with Crippen LogP contribution in [0.2, 0.25) is 0 Å². The molecule has 0 N–H and O–H groups in total. The first-order chi connectivity index (χ1) is 13.4. The van der Waals surface area contributed by atoms with Crippen LogP contribution in [0.15, 0.2) is 54.7 Å². The third-order valence-corrected chi connectivity index (χ3v) is 4.59. The van der Waals surface area contributed by atoms with Gasteiger partial charge < -0.3 is 9.64 Å². The number of carbonyl (C=O) groups excluding carboxylic acids is 2. The predicted octanol–water partition coefficient (Wildman–Crippen LogP) is 3.94. The molecule has 3 aromatic rings. The second-order valence-electron chi connectivity index (χ2n) is 6.52. The molecule has 0 aliphatic carbocycles. The standard InChI is InChI=1S/C22H23N3O3/c1-5-28-22(27)20-14-23-25(16(20)3)19-12-8-17(9-13-19)21(26)24(4)18-10-6-15(2)7-11-18/h6-14H,5H2,1-4H3. The van der Waals surface area contributed by atoms with Crippen LogP contribution in [-0.4, -0.2) is 35.3 Å². The Hall–Kier alpha value is -3.41. The molecular formula is C22H23N3O3. The molecule has 3 rings (SSSR count). The van der Waals surface area contributed by atoms with Crippen molar-refractivity contribution in [1.82, 2.24) is 9.78 Å². The van der Waals surface area contributed by atoms with Crippen LogP contribution >= 0.6 is 0 Å². The number of benzene rings is 2. The lowest BCUT2D eigenvalue weighted by molar-refractivity contribution is 0.0525. The van der Waals surface area contributed by atoms with Crippen LogP contribution < -0.4 is 4.90 Å². The molecule has 0 saturated heterocycles. The van der Waals surface area contributed by atoms with E-state index in [0.29, 0.717) is 23.4 Å². The van der Waals surface area contributed by atoms with Crippen LogP contribution in [0.3, 0.4) is 0 Å². The number of hydrogen-bond acceptors (Lipinski definition) is 4. The van der Waals surface area contributed by atoms with Crippen LogP contribution in [0.25, 0.3) is 5.69 Å². The van der Waals surface area contributed by atoms with Gasteiger partial charge in [0.2, 0.25) is 0 Å². The predicted molar refractivity (Wildman–Crippen MR) is 108 cm³/mol. The van der Waals surface area contributed by atoms with Gasteiger partial charge in [-0.1, -0.05) is 17.7 Å². The van der Waals surface area contributed by atoms with Crippen molar-refractivity contribution in [3.8, 4) is 5.69 Å². The topological polar surface area (TPSA) is 64.4 Å². The van der Waals surface area contributed by atoms with E-state index in [2.05, 4.69) is 5.10 Å². The fourth-order valence-electron chi connectivity index (χ4n) is 2.90. The van der Waals surface area contributed by atoms with Gasteiger partial charge in [0.05, 0.1) is 24.2 Å². The smallest absolute Gasteiger partial charge is 0.341 e. The highest BCUT2D eigenvalue weighted by Gasteiger charge is 2.17. The molecule has 0 spiro atoms. The summed E-state index contributed by atoms with van der Waals surface area (Å²) in [4.78, 5) is 26.3. The monoisotopic (exact) mass is 377 g/mol. The van der Waals surface area contributed by atoms with E-state index in [-0.39, 0.29) is 5.91 Å². The minimum absolute atomic E-state index is 0.0974. The second-order valence-corrected chi connectivity index (χ2v) is 6.52. The molecule has 1 aromatic heterocycles. The molecule has 0 aliphatic heterocycles. The third kappa shape index (κ3) is 3.81. The molecule has 0 fully saturated rings. The van der Waals surface area contributed by atoms with E-state index in [9.17, 15) is 9.59 Å². The lowest BCUT2D eigenvalue weighted by Crippen LogP contribution is -2.26. The molecule has 0 bridgehead atoms. The van der Waals surface area contributed by atoms with Gasteiger partial charge in [0, 0.05) is 18.3 Å². The van der Waals surface area contributed by atoms with Crippen molar-refractivity contribution in [3.63, 3.8) is 0 Å². The Morgan fingerprint density at radius 1 is 1.04 bits per heavy atom. The molecule has 1 heterocycles. The van der Waals surface area contributed by atoms with Gasteiger partial charge in [-0.15, -0.1) is 0 Å². The maximum atomic E-state index is 12.8. The van der Waals surface area contributed by atoms with Gasteiger partial charge in [0.15, 0.2) is 0 Å². The summed E-state index contributed by atoms with van der Waals surface area (Å²) in [6, 6.07) is 14.9. The minimum Gasteiger partial charge on any atom is -0.462 e. The van der Waals surface area contributed by atoms with Gasteiger partial charge in [-0.25, -0.2) is 9.48 Å². The second kappa shape index (κ2) is 8.08. The lowest BCUT2D eigenvalue weighted by Gasteiger charge is -2.18. The highest BCUT2D eigenvalue weighted by atomic mass is 16.5. The molecule has 6 nitrogen and oxygen atoms in total. The molecule has 0 atom stereocenters. The van der Waals surface area contributed by atoms with Crippen molar-refractivity contribution in [1.29, 1.82) is 0 Å². The summed E-state index contributed by atoms with van der Waals surface area (Å²) in [6.45, 7) is 5.90. The number of aromatic nitrogens is 2. The lowest BCUT2D eigenvalue weighted by atomic mass is 10.1. The molecule has 0 radical (unpaired) electrons. The summed E-state index contributed by atoms with van der Waals surface area (Å²) in [5, 5.41) is 4.28. The van der Waals surface area contributed by atoms with Gasteiger partial charge in [-0.2, -0.15) is 5.10 Å². The minimum atomic E-state index is -0.391. The van der Waals surface area contributed by atoms with Crippen LogP contribution in [-0.2, 0) is 4.74 Å². The summed E-state index contributed by atoms with van der Waals surface area (Å²) < 4.78 is 6.70. The molecule has 1 amide bonds. The van der Waals surface area contributed by atoms with Crippen LogP contribution in [0.5, 0.6) is 0 Å². The molecule has 144 valence electrons. The number of nitrogens with zero attached hydrogens (tertiary/aromatic N) is 3. The van der Waals surface area contributed by atoms with E-state index < -0.39 is 5.97 Å². The first kappa shape index (κ1) is 19.4. The Labute approximate surface area is 164 Å². The number of hydrogen-bond donors (Lipinski definition) is 0. The number of aryl methyl sites for hydroxylation is 1. The maximum absolute atomic E-state index is 12.8. The van der Waals surface area contributed by atoms with Crippen LogP contribution in [0, 0.1) is 13.8 Å². The number of carbonyl (C=O) groups is 2. The SMILES string of the molecule is CCOC(=O)c1cnn(-c2ccc(C(=O)N(C)c3ccc(C)cc3)cc2)c1C. The average molecular weight is 377 g/mol. The summed E-state index contributed by atoms with van der Waals surface area (Å²) >= 11 is 0. The first-order valence-electron chi connectivity index (χ1n) is 9.09. The number of anilines is 1. The summed E-state index contributed by atoms with van der Waals surface area (Å²) in [5.41, 5.74) is 4.44. The number of amides is 1. The first-order valence-corrected chi connectivity index (χ1v) is 9.09. The van der Waals surface area contributed by atoms with E-state index in [1.54, 1.807) is 35.7 Å². The summed E-state index contributed by atoms with van der Waals surface area (Å²) in [6.07, 6.45) is 1.50. The molecule has 0 unspecified atom stereocenters. The van der Waals surface area contributed by atoms with E-state index in [1.165, 1.54) is 6.20 Å². The van der Waals surface area contributed by atoms with Crippen LogP contribution in [0.1, 0.15) is 38.9 Å². The van der Waals surface area contributed by atoms with Gasteiger partial charge in [0.25, 0.3) is 5.91 Å². The Morgan fingerprint density at radius 3 is 2.29 bits per heavy atom. The van der Waals surface area contributed by atoms with Crippen molar-refractivity contribution in [2.24, 2.45) is 0 Å². The van der Waals surface area contributed by atoms with E-state index in [0.717, 1.165) is 16.9 Å². The Morgan fingerprint density at radius 2 is 1.68 bits per heavy atom. The number of rotatable bonds is 5. The number of ether oxygens (including phenoxy) is 1. The number of esters is 1. The Kier molecular flexibility index (Phi) is 5.59. The zero-order valence-electron chi connectivity index (χ0n) is 16.5. The van der Waals surface area contributed by atoms with Crippen molar-refractivity contribution in [2.75, 3.05) is 18.6 Å². The highest BCUT2D eigenvalue weighted by Crippen LogP contribution is 2.19. The molecular weight excluding hydrogens is 354 g/mol. The van der Waals surface area contributed by atoms with E-state index in [1.807, 2.05) is 50.2 Å². The quantitative estimate of drug-likeness (QED) is 0.632. The van der Waals surface area contributed by atoms with Gasteiger partial charge in [0.1, 0.15) is 5.56 Å². The average Bonchev–Trinajstić information content (AvgIpc) is 3.09. The third-order valence-electron chi connectivity index (χ3n) is 4.59. The van der Waals surface area contributed by atoms with Crippen molar-refractivity contribution in [2.45, 2.75) is 20.8 Å². The fraction of sp³-hybridized carbons (Fsp3) is 0.227. The van der Waals surface area contributed by atoms with Gasteiger partial charge in [-0.3, -0.25) is 4.79 Å². The van der Waals surface area contributed by atoms with E-state index >= 15 is 0 Å². The fourth-order valence-corrected chi connectivity index (χ4v) is 2.90. The normalized spacial score (nSPS) is 10.6. The zero-order chi connectivity index (χ0) is 20.3. The van der Waals surface area contributed by atoms with Crippen molar-refractivity contribution in [3.05, 3.63) is 77.1 Å². The summed E-state index contributed by atoms with van der Waals surface area (Å²) in [5.74, 6) is -0.488. The molecule has 28 heavy (non-hydrogen) atoms. The van der Waals surface area contributed by atoms with Gasteiger partial charge in [-0.05, 0) is 57.2 Å². The van der Waals surface area contributed by atoms with Crippen molar-refractivity contribution >= 4 is 17.6 Å². The van der Waals surface area contributed by atoms with E-state index in [4.69, 9.17) is 4.74 Å². The Balaban J connectivity index is 1.81. The molecule has 0 saturated carbocycles. The molecule has 2 aromatic carbocycles. The largest absolute Gasteiger partial charge is 0.462 e. The zero-order valence-corrected chi connectivity index (χ0v) is 16.5. The summed E-state index contributed by atoms with van der Waals surface area (Å²) in [7, 11) is 1.75. The molecule has 6 heteroatoms.